The van der Waals surface area contributed by atoms with Gasteiger partial charge in [-0.15, -0.1) is 0 Å². The Balaban J connectivity index is 2.54. The molecule has 0 aromatic heterocycles. The van der Waals surface area contributed by atoms with E-state index in [1.807, 2.05) is 39.0 Å². The largest absolute Gasteiger partial charge is 0.516 e. The smallest absolute Gasteiger partial charge is 0.444 e. The second kappa shape index (κ2) is 14.1. The van der Waals surface area contributed by atoms with E-state index in [1.54, 1.807) is 26.8 Å². The highest BCUT2D eigenvalue weighted by atomic mass is 16.7. The van der Waals surface area contributed by atoms with Crippen LogP contribution in [0, 0.1) is 12.8 Å². The number of alkyl carbamates (subject to hydrolysis) is 1. The van der Waals surface area contributed by atoms with Crippen LogP contribution in [-0.4, -0.2) is 49.0 Å². The first-order valence-corrected chi connectivity index (χ1v) is 11.4. The number of carbonyl (C=O) groups is 4. The van der Waals surface area contributed by atoms with Crippen molar-refractivity contribution in [2.75, 3.05) is 18.5 Å². The molecule has 10 nitrogen and oxygen atoms in total. The van der Waals surface area contributed by atoms with E-state index in [4.69, 9.17) is 14.2 Å². The molecule has 34 heavy (non-hydrogen) atoms. The Morgan fingerprint density at radius 1 is 1.03 bits per heavy atom. The van der Waals surface area contributed by atoms with Gasteiger partial charge in [0.25, 0.3) is 0 Å². The number of hydrogen-bond acceptors (Lipinski definition) is 7. The number of hydrogen-bond donors (Lipinski definition) is 3. The van der Waals surface area contributed by atoms with E-state index in [-0.39, 0.29) is 25.0 Å². The molecule has 0 aliphatic rings. The summed E-state index contributed by atoms with van der Waals surface area (Å²) in [6, 6.07) is 5.96. The molecular formula is C24H37N3O7. The van der Waals surface area contributed by atoms with Crippen LogP contribution < -0.4 is 16.0 Å². The molecular weight excluding hydrogens is 442 g/mol. The quantitative estimate of drug-likeness (QED) is 0.255. The van der Waals surface area contributed by atoms with Gasteiger partial charge in [0.1, 0.15) is 11.6 Å². The zero-order chi connectivity index (χ0) is 25.7. The maximum atomic E-state index is 12.4. The van der Waals surface area contributed by atoms with E-state index in [1.165, 1.54) is 0 Å². The van der Waals surface area contributed by atoms with Crippen LogP contribution in [0.3, 0.4) is 0 Å². The van der Waals surface area contributed by atoms with Crippen molar-refractivity contribution in [3.05, 3.63) is 29.8 Å². The SMILES string of the molecule is Cc1ccccc1NC(=O)NCCCC[C@@H](NC(=O)OC(C)(C)C)C(=O)OC(=O)OCC(C)C. The first-order valence-electron chi connectivity index (χ1n) is 11.4. The molecule has 1 aromatic rings. The summed E-state index contributed by atoms with van der Waals surface area (Å²) in [6.45, 7) is 11.1. The van der Waals surface area contributed by atoms with Gasteiger partial charge < -0.3 is 30.2 Å². The lowest BCUT2D eigenvalue weighted by atomic mass is 10.1. The third-order valence-corrected chi connectivity index (χ3v) is 4.29. The standard InChI is InChI=1S/C24H37N3O7/c1-16(2)15-32-23(31)33-20(28)19(27-22(30)34-24(4,5)6)13-9-10-14-25-21(29)26-18-12-8-7-11-17(18)3/h7-8,11-12,16,19H,9-10,13-15H2,1-6H3,(H,27,30)(H2,25,26,29)/t19-/m1/s1. The van der Waals surface area contributed by atoms with Crippen LogP contribution in [-0.2, 0) is 19.0 Å². The summed E-state index contributed by atoms with van der Waals surface area (Å²) in [5.41, 5.74) is 0.899. The van der Waals surface area contributed by atoms with Crippen LogP contribution in [0.2, 0.25) is 0 Å². The minimum Gasteiger partial charge on any atom is -0.444 e. The summed E-state index contributed by atoms with van der Waals surface area (Å²) in [4.78, 5) is 48.4. The normalized spacial score (nSPS) is 11.9. The second-order valence-corrected chi connectivity index (χ2v) is 9.27. The number of carbonyl (C=O) groups excluding carboxylic acids is 4. The number of para-hydroxylation sites is 1. The van der Waals surface area contributed by atoms with Crippen LogP contribution in [0.15, 0.2) is 24.3 Å². The molecule has 0 heterocycles. The minimum absolute atomic E-state index is 0.0776. The molecule has 0 fully saturated rings. The third-order valence-electron chi connectivity index (χ3n) is 4.29. The number of urea groups is 1. The lowest BCUT2D eigenvalue weighted by Gasteiger charge is -2.22. The van der Waals surface area contributed by atoms with Gasteiger partial charge >= 0.3 is 24.2 Å². The molecule has 1 aromatic carbocycles. The van der Waals surface area contributed by atoms with Gasteiger partial charge in [-0.25, -0.2) is 19.2 Å². The van der Waals surface area contributed by atoms with Gasteiger partial charge in [0.2, 0.25) is 0 Å². The number of ether oxygens (including phenoxy) is 3. The molecule has 0 aliphatic carbocycles. The minimum atomic E-state index is -1.12. The van der Waals surface area contributed by atoms with Crippen LogP contribution in [0.5, 0.6) is 0 Å². The first kappa shape index (κ1) is 28.7. The monoisotopic (exact) mass is 479 g/mol. The van der Waals surface area contributed by atoms with E-state index >= 15 is 0 Å². The predicted molar refractivity (Wildman–Crippen MR) is 127 cm³/mol. The van der Waals surface area contributed by atoms with Gasteiger partial charge in [0, 0.05) is 12.2 Å². The first-order chi connectivity index (χ1) is 15.9. The average Bonchev–Trinajstić information content (AvgIpc) is 2.71. The van der Waals surface area contributed by atoms with Gasteiger partial charge in [-0.05, 0) is 64.5 Å². The van der Waals surface area contributed by atoms with Crippen molar-refractivity contribution in [3.8, 4) is 0 Å². The zero-order valence-electron chi connectivity index (χ0n) is 20.9. The molecule has 0 spiro atoms. The second-order valence-electron chi connectivity index (χ2n) is 9.27. The number of nitrogens with one attached hydrogen (secondary N) is 3. The summed E-state index contributed by atoms with van der Waals surface area (Å²) in [5, 5.41) is 7.95. The topological polar surface area (TPSA) is 132 Å². The van der Waals surface area contributed by atoms with Gasteiger partial charge in [0.15, 0.2) is 0 Å². The number of unbranched alkanes of at least 4 members (excludes halogenated alkanes) is 1. The molecule has 0 unspecified atom stereocenters. The van der Waals surface area contributed by atoms with E-state index in [0.717, 1.165) is 5.56 Å². The molecule has 190 valence electrons. The number of rotatable bonds is 10. The number of benzene rings is 1. The highest BCUT2D eigenvalue weighted by Gasteiger charge is 2.27. The van der Waals surface area contributed by atoms with Crippen LogP contribution in [0.4, 0.5) is 20.1 Å². The lowest BCUT2D eigenvalue weighted by molar-refractivity contribution is -0.142. The van der Waals surface area contributed by atoms with Crippen LogP contribution in [0.25, 0.3) is 0 Å². The summed E-state index contributed by atoms with van der Waals surface area (Å²) in [7, 11) is 0. The van der Waals surface area contributed by atoms with Gasteiger partial charge in [-0.2, -0.15) is 0 Å². The number of aryl methyl sites for hydroxylation is 1. The van der Waals surface area contributed by atoms with Crippen molar-refractivity contribution in [1.82, 2.24) is 10.6 Å². The zero-order valence-corrected chi connectivity index (χ0v) is 20.9. The fourth-order valence-corrected chi connectivity index (χ4v) is 2.67. The highest BCUT2D eigenvalue weighted by Crippen LogP contribution is 2.13. The van der Waals surface area contributed by atoms with Crippen molar-refractivity contribution < 1.29 is 33.4 Å². The molecule has 1 rings (SSSR count). The van der Waals surface area contributed by atoms with Gasteiger partial charge in [-0.3, -0.25) is 0 Å². The molecule has 0 bridgehead atoms. The van der Waals surface area contributed by atoms with E-state index in [0.29, 0.717) is 25.1 Å². The maximum absolute atomic E-state index is 12.4. The summed E-state index contributed by atoms with van der Waals surface area (Å²) >= 11 is 0. The summed E-state index contributed by atoms with van der Waals surface area (Å²) in [5.74, 6) is -0.862. The van der Waals surface area contributed by atoms with E-state index in [2.05, 4.69) is 16.0 Å². The average molecular weight is 480 g/mol. The molecule has 0 aliphatic heterocycles. The Hall–Kier alpha value is -3.30. The molecule has 10 heteroatoms. The van der Waals surface area contributed by atoms with Crippen LogP contribution in [0.1, 0.15) is 59.4 Å². The number of esters is 1. The summed E-state index contributed by atoms with van der Waals surface area (Å²) < 4.78 is 14.8. The van der Waals surface area contributed by atoms with Gasteiger partial charge in [-0.1, -0.05) is 32.0 Å². The van der Waals surface area contributed by atoms with Gasteiger partial charge in [0.05, 0.1) is 6.61 Å². The van der Waals surface area contributed by atoms with Crippen molar-refractivity contribution in [1.29, 1.82) is 0 Å². The van der Waals surface area contributed by atoms with Crippen molar-refractivity contribution in [2.45, 2.75) is 72.4 Å². The highest BCUT2D eigenvalue weighted by molar-refractivity contribution is 5.90. The van der Waals surface area contributed by atoms with E-state index < -0.39 is 29.9 Å². The van der Waals surface area contributed by atoms with Crippen LogP contribution >= 0.6 is 0 Å². The number of anilines is 1. The molecule has 0 saturated carbocycles. The van der Waals surface area contributed by atoms with Crippen molar-refractivity contribution >= 4 is 29.9 Å². The Bertz CT molecular complexity index is 834. The van der Waals surface area contributed by atoms with Crippen molar-refractivity contribution in [3.63, 3.8) is 0 Å². The fraction of sp³-hybridized carbons (Fsp3) is 0.583. The molecule has 3 N–H and O–H groups in total. The third kappa shape index (κ3) is 12.7. The van der Waals surface area contributed by atoms with Crippen molar-refractivity contribution in [2.24, 2.45) is 5.92 Å². The molecule has 3 amide bonds. The Morgan fingerprint density at radius 3 is 2.32 bits per heavy atom. The lowest BCUT2D eigenvalue weighted by Crippen LogP contribution is -2.45. The van der Waals surface area contributed by atoms with E-state index in [9.17, 15) is 19.2 Å². The number of amides is 3. The maximum Gasteiger partial charge on any atom is 0.516 e. The summed E-state index contributed by atoms with van der Waals surface area (Å²) in [6.07, 6.45) is -0.763. The Kier molecular flexibility index (Phi) is 11.9. The Labute approximate surface area is 201 Å². The molecule has 0 radical (unpaired) electrons. The molecule has 0 saturated heterocycles. The molecule has 1 atom stereocenters. The Morgan fingerprint density at radius 2 is 1.71 bits per heavy atom. The fourth-order valence-electron chi connectivity index (χ4n) is 2.67. The predicted octanol–water partition coefficient (Wildman–Crippen LogP) is 4.52.